The van der Waals surface area contributed by atoms with E-state index in [2.05, 4.69) is 41.5 Å². The molecule has 0 aromatic heterocycles. The highest BCUT2D eigenvalue weighted by Crippen LogP contribution is 2.23. The minimum Gasteiger partial charge on any atom is -0.466 e. The Hall–Kier alpha value is -1.06. The summed E-state index contributed by atoms with van der Waals surface area (Å²) < 4.78 is 10.7. The highest BCUT2D eigenvalue weighted by Gasteiger charge is 2.18. The van der Waals surface area contributed by atoms with Gasteiger partial charge in [0.1, 0.15) is 0 Å². The fourth-order valence-corrected chi connectivity index (χ4v) is 3.75. The largest absolute Gasteiger partial charge is 0.466 e. The van der Waals surface area contributed by atoms with Crippen molar-refractivity contribution in [3.05, 3.63) is 0 Å². The number of carbonyl (C=O) groups excluding carboxylic acids is 2. The number of hydrogen-bond donors (Lipinski definition) is 0. The third kappa shape index (κ3) is 20.6. The maximum Gasteiger partial charge on any atom is 0.306 e. The van der Waals surface area contributed by atoms with E-state index in [1.807, 2.05) is 0 Å². The lowest BCUT2D eigenvalue weighted by Crippen LogP contribution is -2.17. The van der Waals surface area contributed by atoms with E-state index in [-0.39, 0.29) is 11.9 Å². The number of rotatable bonds is 20. The van der Waals surface area contributed by atoms with Crippen molar-refractivity contribution in [1.82, 2.24) is 0 Å². The van der Waals surface area contributed by atoms with Crippen molar-refractivity contribution in [1.29, 1.82) is 0 Å². The summed E-state index contributed by atoms with van der Waals surface area (Å²) >= 11 is 0. The Morgan fingerprint density at radius 1 is 0.581 bits per heavy atom. The maximum absolute atomic E-state index is 12.1. The summed E-state index contributed by atoms with van der Waals surface area (Å²) in [6.45, 7) is 14.3. The fraction of sp³-hybridized carbons (Fsp3) is 0.926. The molecule has 0 bridgehead atoms. The lowest BCUT2D eigenvalue weighted by atomic mass is 9.87. The Labute approximate surface area is 193 Å². The van der Waals surface area contributed by atoms with Gasteiger partial charge in [-0.05, 0) is 62.2 Å². The van der Waals surface area contributed by atoms with Crippen LogP contribution < -0.4 is 0 Å². The van der Waals surface area contributed by atoms with Crippen LogP contribution in [0.2, 0.25) is 0 Å². The number of ether oxygens (including phenoxy) is 2. The average molecular weight is 441 g/mol. The van der Waals surface area contributed by atoms with Gasteiger partial charge >= 0.3 is 11.9 Å². The van der Waals surface area contributed by atoms with Crippen LogP contribution in [0, 0.1) is 23.7 Å². The topological polar surface area (TPSA) is 52.6 Å². The summed E-state index contributed by atoms with van der Waals surface area (Å²) in [4.78, 5) is 23.8. The molecule has 0 N–H and O–H groups in total. The van der Waals surface area contributed by atoms with Gasteiger partial charge in [0.25, 0.3) is 0 Å². The summed E-state index contributed by atoms with van der Waals surface area (Å²) in [6, 6.07) is 0. The van der Waals surface area contributed by atoms with E-state index in [0.717, 1.165) is 44.9 Å². The molecule has 0 aliphatic rings. The van der Waals surface area contributed by atoms with E-state index in [9.17, 15) is 9.59 Å². The number of esters is 2. The molecule has 0 heterocycles. The normalized spacial score (nSPS) is 12.5. The molecule has 0 rings (SSSR count). The van der Waals surface area contributed by atoms with Crippen molar-refractivity contribution in [2.24, 2.45) is 23.7 Å². The lowest BCUT2D eigenvalue weighted by Gasteiger charge is -2.20. The van der Waals surface area contributed by atoms with Crippen molar-refractivity contribution in [2.75, 3.05) is 13.2 Å². The summed E-state index contributed by atoms with van der Waals surface area (Å²) in [5.41, 5.74) is 0. The Kier molecular flexibility index (Phi) is 18.9. The zero-order chi connectivity index (χ0) is 23.5. The van der Waals surface area contributed by atoms with E-state index in [4.69, 9.17) is 9.47 Å². The smallest absolute Gasteiger partial charge is 0.306 e. The molecule has 0 saturated heterocycles. The summed E-state index contributed by atoms with van der Waals surface area (Å²) in [6.07, 6.45) is 13.1. The quantitative estimate of drug-likeness (QED) is 0.143. The van der Waals surface area contributed by atoms with Crippen LogP contribution in [0.1, 0.15) is 125 Å². The first-order valence-electron chi connectivity index (χ1n) is 13.0. The molecule has 0 aliphatic heterocycles. The lowest BCUT2D eigenvalue weighted by molar-refractivity contribution is -0.145. The zero-order valence-corrected chi connectivity index (χ0v) is 21.5. The second-order valence-corrected chi connectivity index (χ2v) is 10.4. The van der Waals surface area contributed by atoms with Crippen molar-refractivity contribution in [2.45, 2.75) is 125 Å². The van der Waals surface area contributed by atoms with Gasteiger partial charge in [-0.2, -0.15) is 0 Å². The number of hydrogen-bond acceptors (Lipinski definition) is 4. The first-order chi connectivity index (χ1) is 14.7. The van der Waals surface area contributed by atoms with Crippen LogP contribution in [0.4, 0.5) is 0 Å². The van der Waals surface area contributed by atoms with Gasteiger partial charge in [-0.1, -0.05) is 73.6 Å². The Bertz CT molecular complexity index is 443. The van der Waals surface area contributed by atoms with Gasteiger partial charge in [0, 0.05) is 12.8 Å². The van der Waals surface area contributed by atoms with Gasteiger partial charge < -0.3 is 9.47 Å². The molecule has 0 aromatic carbocycles. The average Bonchev–Trinajstić information content (AvgIpc) is 2.69. The summed E-state index contributed by atoms with van der Waals surface area (Å²) in [7, 11) is 0. The first kappa shape index (κ1) is 29.9. The van der Waals surface area contributed by atoms with Crippen molar-refractivity contribution in [3.63, 3.8) is 0 Å². The van der Waals surface area contributed by atoms with E-state index in [0.29, 0.717) is 49.7 Å². The van der Waals surface area contributed by atoms with E-state index in [1.165, 1.54) is 25.7 Å². The van der Waals surface area contributed by atoms with E-state index in [1.54, 1.807) is 0 Å². The van der Waals surface area contributed by atoms with Gasteiger partial charge in [-0.15, -0.1) is 0 Å². The highest BCUT2D eigenvalue weighted by atomic mass is 16.5. The molecule has 1 unspecified atom stereocenters. The van der Waals surface area contributed by atoms with Gasteiger partial charge in [0.15, 0.2) is 0 Å². The molecule has 0 spiro atoms. The second kappa shape index (κ2) is 19.6. The highest BCUT2D eigenvalue weighted by molar-refractivity contribution is 5.69. The van der Waals surface area contributed by atoms with Gasteiger partial charge in [0.05, 0.1) is 13.2 Å². The third-order valence-electron chi connectivity index (χ3n) is 5.96. The molecular weight excluding hydrogens is 388 g/mol. The van der Waals surface area contributed by atoms with Crippen molar-refractivity contribution in [3.8, 4) is 0 Å². The Balaban J connectivity index is 3.70. The molecule has 0 amide bonds. The van der Waals surface area contributed by atoms with Crippen LogP contribution in [-0.2, 0) is 19.1 Å². The molecule has 1 atom stereocenters. The second-order valence-electron chi connectivity index (χ2n) is 10.4. The van der Waals surface area contributed by atoms with Gasteiger partial charge in [0.2, 0.25) is 0 Å². The molecule has 0 radical (unpaired) electrons. The van der Waals surface area contributed by atoms with Crippen LogP contribution in [0.5, 0.6) is 0 Å². The molecule has 4 heteroatoms. The standard InChI is InChI=1S/C27H52O4/c1-22(2)15-13-19-30-26(28)18-12-10-8-7-9-11-17-25(24(5)6)21-27(29)31-20-14-16-23(3)4/h22-25H,7-21H2,1-6H3. The van der Waals surface area contributed by atoms with Crippen molar-refractivity contribution >= 4 is 11.9 Å². The van der Waals surface area contributed by atoms with Crippen LogP contribution >= 0.6 is 0 Å². The predicted molar refractivity (Wildman–Crippen MR) is 130 cm³/mol. The minimum atomic E-state index is -0.0420. The number of carbonyl (C=O) groups is 2. The minimum absolute atomic E-state index is 0.0291. The summed E-state index contributed by atoms with van der Waals surface area (Å²) in [5.74, 6) is 2.19. The molecule has 0 aromatic rings. The maximum atomic E-state index is 12.1. The SMILES string of the molecule is CC(C)CCCOC(=O)CCCCCCCCC(CC(=O)OCCCC(C)C)C(C)C. The van der Waals surface area contributed by atoms with Gasteiger partial charge in [-0.25, -0.2) is 0 Å². The predicted octanol–water partition coefficient (Wildman–Crippen LogP) is 7.73. The fourth-order valence-electron chi connectivity index (χ4n) is 3.75. The molecule has 0 fully saturated rings. The molecule has 0 saturated carbocycles. The van der Waals surface area contributed by atoms with Crippen LogP contribution in [0.25, 0.3) is 0 Å². The molecule has 184 valence electrons. The van der Waals surface area contributed by atoms with Crippen molar-refractivity contribution < 1.29 is 19.1 Å². The van der Waals surface area contributed by atoms with E-state index >= 15 is 0 Å². The number of unbranched alkanes of at least 4 members (excludes halogenated alkanes) is 5. The van der Waals surface area contributed by atoms with Crippen LogP contribution in [-0.4, -0.2) is 25.2 Å². The molecule has 4 nitrogen and oxygen atoms in total. The third-order valence-corrected chi connectivity index (χ3v) is 5.96. The van der Waals surface area contributed by atoms with Gasteiger partial charge in [-0.3, -0.25) is 9.59 Å². The first-order valence-corrected chi connectivity index (χ1v) is 13.0. The monoisotopic (exact) mass is 440 g/mol. The Morgan fingerprint density at radius 3 is 1.58 bits per heavy atom. The zero-order valence-electron chi connectivity index (χ0n) is 21.5. The van der Waals surface area contributed by atoms with Crippen LogP contribution in [0.15, 0.2) is 0 Å². The summed E-state index contributed by atoms with van der Waals surface area (Å²) in [5, 5.41) is 0. The Morgan fingerprint density at radius 2 is 1.06 bits per heavy atom. The molecule has 31 heavy (non-hydrogen) atoms. The molecule has 0 aliphatic carbocycles. The van der Waals surface area contributed by atoms with Crippen LogP contribution in [0.3, 0.4) is 0 Å². The van der Waals surface area contributed by atoms with E-state index < -0.39 is 0 Å². The molecular formula is C27H52O4.